The normalized spacial score (nSPS) is 16.7. The van der Waals surface area contributed by atoms with Gasteiger partial charge in [0.2, 0.25) is 0 Å². The van der Waals surface area contributed by atoms with Crippen molar-refractivity contribution in [2.24, 2.45) is 4.99 Å². The van der Waals surface area contributed by atoms with Crippen LogP contribution in [0.1, 0.15) is 40.0 Å². The number of likely N-dealkylation sites (N-methyl/N-ethyl adjacent to an activating group) is 1. The molecule has 1 rings (SSSR count). The van der Waals surface area contributed by atoms with Crippen LogP contribution in [0.4, 0.5) is 0 Å². The Labute approximate surface area is 112 Å². The molecule has 0 aromatic carbocycles. The van der Waals surface area contributed by atoms with Crippen LogP contribution in [-0.2, 0) is 0 Å². The summed E-state index contributed by atoms with van der Waals surface area (Å²) in [5.41, 5.74) is 0. The minimum atomic E-state index is 0.909. The first kappa shape index (κ1) is 15.3. The molecule has 0 aromatic heterocycles. The molecule has 18 heavy (non-hydrogen) atoms. The van der Waals surface area contributed by atoms with Crippen molar-refractivity contribution in [3.05, 3.63) is 0 Å². The van der Waals surface area contributed by atoms with E-state index in [1.807, 2.05) is 0 Å². The summed E-state index contributed by atoms with van der Waals surface area (Å²) in [7, 11) is 0. The van der Waals surface area contributed by atoms with Gasteiger partial charge in [-0.1, -0.05) is 13.8 Å². The Morgan fingerprint density at radius 2 is 1.89 bits per heavy atom. The highest BCUT2D eigenvalue weighted by atomic mass is 15.3. The topological polar surface area (TPSA) is 30.9 Å². The van der Waals surface area contributed by atoms with Crippen molar-refractivity contribution in [2.75, 3.05) is 45.8 Å². The first-order valence-electron chi connectivity index (χ1n) is 7.57. The fraction of sp³-hybridized carbons (Fsp3) is 0.929. The lowest BCUT2D eigenvalue weighted by atomic mass is 10.4. The van der Waals surface area contributed by atoms with Crippen molar-refractivity contribution < 1.29 is 0 Å². The smallest absolute Gasteiger partial charge is 0.193 e. The van der Waals surface area contributed by atoms with E-state index in [4.69, 9.17) is 4.99 Å². The minimum absolute atomic E-state index is 0.909. The summed E-state index contributed by atoms with van der Waals surface area (Å²) >= 11 is 0. The zero-order chi connectivity index (χ0) is 13.2. The van der Waals surface area contributed by atoms with E-state index in [0.717, 1.165) is 45.2 Å². The monoisotopic (exact) mass is 254 g/mol. The lowest BCUT2D eigenvalue weighted by Gasteiger charge is -2.22. The average Bonchev–Trinajstić information content (AvgIpc) is 2.90. The summed E-state index contributed by atoms with van der Waals surface area (Å²) in [6.07, 6.45) is 3.84. The molecule has 0 bridgehead atoms. The van der Waals surface area contributed by atoms with Crippen LogP contribution in [-0.4, -0.2) is 61.6 Å². The molecule has 0 spiro atoms. The van der Waals surface area contributed by atoms with E-state index >= 15 is 0 Å². The van der Waals surface area contributed by atoms with Gasteiger partial charge in [-0.05, 0) is 39.3 Å². The van der Waals surface area contributed by atoms with Crippen molar-refractivity contribution in [1.29, 1.82) is 0 Å². The van der Waals surface area contributed by atoms with Crippen LogP contribution in [0.3, 0.4) is 0 Å². The summed E-state index contributed by atoms with van der Waals surface area (Å²) in [6.45, 7) is 14.2. The average molecular weight is 254 g/mol. The van der Waals surface area contributed by atoms with Crippen molar-refractivity contribution in [2.45, 2.75) is 40.0 Å². The predicted octanol–water partition coefficient (Wildman–Crippen LogP) is 1.78. The molecule has 1 aliphatic heterocycles. The van der Waals surface area contributed by atoms with Gasteiger partial charge in [-0.15, -0.1) is 0 Å². The maximum atomic E-state index is 4.76. The van der Waals surface area contributed by atoms with Gasteiger partial charge < -0.3 is 15.1 Å². The second-order valence-electron chi connectivity index (χ2n) is 4.86. The van der Waals surface area contributed by atoms with Gasteiger partial charge in [-0.2, -0.15) is 0 Å². The van der Waals surface area contributed by atoms with Crippen LogP contribution in [0.25, 0.3) is 0 Å². The standard InChI is InChI=1S/C14H30N4/c1-4-10-17(6-3)13-9-16-14(15-5-2)18-11-7-8-12-18/h4-13H2,1-3H3,(H,15,16). The third-order valence-corrected chi connectivity index (χ3v) is 3.41. The number of rotatable bonds is 7. The number of guanidine groups is 1. The molecule has 0 atom stereocenters. The quantitative estimate of drug-likeness (QED) is 0.555. The Balaban J connectivity index is 2.39. The van der Waals surface area contributed by atoms with Gasteiger partial charge in [0.25, 0.3) is 0 Å². The van der Waals surface area contributed by atoms with Crippen LogP contribution >= 0.6 is 0 Å². The molecule has 0 aliphatic carbocycles. The Bertz CT molecular complexity index is 234. The molecule has 106 valence electrons. The minimum Gasteiger partial charge on any atom is -0.357 e. The first-order chi connectivity index (χ1) is 8.81. The summed E-state index contributed by atoms with van der Waals surface area (Å²) in [6, 6.07) is 0. The molecule has 0 radical (unpaired) electrons. The SMILES string of the molecule is CCCN(CC)CCN=C(NCC)N1CCCC1. The number of hydrogen-bond acceptors (Lipinski definition) is 2. The van der Waals surface area contributed by atoms with Gasteiger partial charge in [-0.3, -0.25) is 4.99 Å². The van der Waals surface area contributed by atoms with Gasteiger partial charge in [0.1, 0.15) is 0 Å². The highest BCUT2D eigenvalue weighted by Crippen LogP contribution is 2.07. The molecule has 1 heterocycles. The lowest BCUT2D eigenvalue weighted by molar-refractivity contribution is 0.296. The second-order valence-corrected chi connectivity index (χ2v) is 4.86. The summed E-state index contributed by atoms with van der Waals surface area (Å²) in [5.74, 6) is 1.11. The fourth-order valence-corrected chi connectivity index (χ4v) is 2.40. The van der Waals surface area contributed by atoms with Crippen molar-refractivity contribution in [3.63, 3.8) is 0 Å². The van der Waals surface area contributed by atoms with E-state index in [0.29, 0.717) is 0 Å². The third-order valence-electron chi connectivity index (χ3n) is 3.41. The molecule has 4 heteroatoms. The zero-order valence-electron chi connectivity index (χ0n) is 12.4. The molecule has 0 saturated carbocycles. The van der Waals surface area contributed by atoms with Gasteiger partial charge in [0.05, 0.1) is 6.54 Å². The lowest BCUT2D eigenvalue weighted by Crippen LogP contribution is -2.40. The summed E-state index contributed by atoms with van der Waals surface area (Å²) in [5, 5.41) is 3.41. The van der Waals surface area contributed by atoms with Gasteiger partial charge in [0, 0.05) is 26.2 Å². The Morgan fingerprint density at radius 3 is 2.44 bits per heavy atom. The zero-order valence-corrected chi connectivity index (χ0v) is 12.4. The van der Waals surface area contributed by atoms with E-state index < -0.39 is 0 Å². The number of aliphatic imine (C=N–C) groups is 1. The fourth-order valence-electron chi connectivity index (χ4n) is 2.40. The molecule has 1 saturated heterocycles. The predicted molar refractivity (Wildman–Crippen MR) is 79.2 cm³/mol. The Hall–Kier alpha value is -0.770. The molecule has 1 N–H and O–H groups in total. The maximum Gasteiger partial charge on any atom is 0.193 e. The maximum absolute atomic E-state index is 4.76. The molecule has 1 fully saturated rings. The molecule has 1 aliphatic rings. The second kappa shape index (κ2) is 9.20. The summed E-state index contributed by atoms with van der Waals surface area (Å²) < 4.78 is 0. The first-order valence-corrected chi connectivity index (χ1v) is 7.57. The van der Waals surface area contributed by atoms with Crippen LogP contribution in [0.2, 0.25) is 0 Å². The van der Waals surface area contributed by atoms with Crippen molar-refractivity contribution in [3.8, 4) is 0 Å². The highest BCUT2D eigenvalue weighted by Gasteiger charge is 2.15. The van der Waals surface area contributed by atoms with Gasteiger partial charge in [0.15, 0.2) is 5.96 Å². The molecular formula is C14H30N4. The molecular weight excluding hydrogens is 224 g/mol. The molecule has 0 amide bonds. The number of hydrogen-bond donors (Lipinski definition) is 1. The highest BCUT2D eigenvalue weighted by molar-refractivity contribution is 5.80. The van der Waals surface area contributed by atoms with Gasteiger partial charge >= 0.3 is 0 Å². The summed E-state index contributed by atoms with van der Waals surface area (Å²) in [4.78, 5) is 9.61. The van der Waals surface area contributed by atoms with Crippen LogP contribution in [0.15, 0.2) is 4.99 Å². The van der Waals surface area contributed by atoms with Crippen molar-refractivity contribution in [1.82, 2.24) is 15.1 Å². The number of likely N-dealkylation sites (tertiary alicyclic amines) is 1. The third kappa shape index (κ3) is 5.25. The Morgan fingerprint density at radius 1 is 1.17 bits per heavy atom. The van der Waals surface area contributed by atoms with Crippen LogP contribution < -0.4 is 5.32 Å². The van der Waals surface area contributed by atoms with Gasteiger partial charge in [-0.25, -0.2) is 0 Å². The van der Waals surface area contributed by atoms with E-state index in [2.05, 4.69) is 35.9 Å². The molecule has 0 unspecified atom stereocenters. The molecule has 0 aromatic rings. The van der Waals surface area contributed by atoms with Crippen molar-refractivity contribution >= 4 is 5.96 Å². The number of nitrogens with one attached hydrogen (secondary N) is 1. The Kier molecular flexibility index (Phi) is 7.81. The number of nitrogens with zero attached hydrogens (tertiary/aromatic N) is 3. The molecule has 4 nitrogen and oxygen atoms in total. The largest absolute Gasteiger partial charge is 0.357 e. The van der Waals surface area contributed by atoms with E-state index in [9.17, 15) is 0 Å². The van der Waals surface area contributed by atoms with E-state index in [1.54, 1.807) is 0 Å². The van der Waals surface area contributed by atoms with E-state index in [-0.39, 0.29) is 0 Å². The van der Waals surface area contributed by atoms with Crippen LogP contribution in [0.5, 0.6) is 0 Å². The van der Waals surface area contributed by atoms with E-state index in [1.165, 1.54) is 25.8 Å². The van der Waals surface area contributed by atoms with Crippen LogP contribution in [0, 0.1) is 0 Å².